The maximum atomic E-state index is 12.2. The third-order valence-electron chi connectivity index (χ3n) is 2.35. The molecule has 0 radical (unpaired) electrons. The number of hydrogen-bond donors (Lipinski definition) is 0. The first-order chi connectivity index (χ1) is 7.15. The SMILES string of the molecule is CC1=C(C)C(=O)C(SC(F)(F)F)=C(C)C1=O. The summed E-state index contributed by atoms with van der Waals surface area (Å²) in [4.78, 5) is 22.6. The molecule has 1 aliphatic carbocycles. The van der Waals surface area contributed by atoms with Crippen LogP contribution in [0.2, 0.25) is 0 Å². The van der Waals surface area contributed by atoms with Crippen LogP contribution in [0.4, 0.5) is 13.2 Å². The van der Waals surface area contributed by atoms with Crippen LogP contribution >= 0.6 is 11.8 Å². The summed E-state index contributed by atoms with van der Waals surface area (Å²) in [7, 11) is 0. The Balaban J connectivity index is 3.20. The number of Topliss-reactive ketones (excluding diaryl/α,β-unsaturated/α-hetero) is 2. The van der Waals surface area contributed by atoms with Crippen LogP contribution < -0.4 is 0 Å². The Labute approximate surface area is 94.6 Å². The molecule has 0 saturated heterocycles. The van der Waals surface area contributed by atoms with Gasteiger partial charge in [0.15, 0.2) is 11.6 Å². The van der Waals surface area contributed by atoms with Gasteiger partial charge in [-0.05, 0) is 32.5 Å². The van der Waals surface area contributed by atoms with Crippen LogP contribution in [-0.2, 0) is 9.59 Å². The number of rotatable bonds is 1. The third kappa shape index (κ3) is 2.37. The zero-order valence-electron chi connectivity index (χ0n) is 8.86. The number of halogens is 3. The molecule has 0 bridgehead atoms. The zero-order valence-corrected chi connectivity index (χ0v) is 9.68. The lowest BCUT2D eigenvalue weighted by Crippen LogP contribution is -2.21. The lowest BCUT2D eigenvalue weighted by Gasteiger charge is -2.18. The second-order valence-corrected chi connectivity index (χ2v) is 4.49. The predicted octanol–water partition coefficient (Wildman–Crippen LogP) is 3.00. The summed E-state index contributed by atoms with van der Waals surface area (Å²) in [5.74, 6) is -1.21. The molecule has 0 saturated carbocycles. The zero-order chi connectivity index (χ0) is 12.7. The summed E-state index contributed by atoms with van der Waals surface area (Å²) in [6, 6.07) is 0. The van der Waals surface area contributed by atoms with Gasteiger partial charge in [0.25, 0.3) is 0 Å². The molecule has 1 aliphatic rings. The van der Waals surface area contributed by atoms with Crippen LogP contribution in [0.3, 0.4) is 0 Å². The van der Waals surface area contributed by atoms with Crippen molar-refractivity contribution in [2.45, 2.75) is 26.3 Å². The average molecular weight is 250 g/mol. The number of thioether (sulfide) groups is 1. The van der Waals surface area contributed by atoms with Crippen molar-refractivity contribution in [1.82, 2.24) is 0 Å². The Morgan fingerprint density at radius 3 is 1.75 bits per heavy atom. The highest BCUT2D eigenvalue weighted by molar-refractivity contribution is 8.04. The number of carbonyl (C=O) groups is 2. The van der Waals surface area contributed by atoms with Gasteiger partial charge in [0.1, 0.15) is 0 Å². The second-order valence-electron chi connectivity index (χ2n) is 3.41. The summed E-state index contributed by atoms with van der Waals surface area (Å²) in [5.41, 5.74) is -4.38. The third-order valence-corrected chi connectivity index (χ3v) is 3.28. The predicted molar refractivity (Wildman–Crippen MR) is 54.7 cm³/mol. The van der Waals surface area contributed by atoms with Crippen molar-refractivity contribution in [3.63, 3.8) is 0 Å². The van der Waals surface area contributed by atoms with Gasteiger partial charge in [-0.2, -0.15) is 13.2 Å². The van der Waals surface area contributed by atoms with E-state index in [1.807, 2.05) is 0 Å². The molecule has 16 heavy (non-hydrogen) atoms. The number of carbonyl (C=O) groups excluding carboxylic acids is 2. The van der Waals surface area contributed by atoms with Crippen molar-refractivity contribution in [3.8, 4) is 0 Å². The highest BCUT2D eigenvalue weighted by Gasteiger charge is 2.37. The van der Waals surface area contributed by atoms with E-state index in [0.29, 0.717) is 0 Å². The molecule has 0 spiro atoms. The lowest BCUT2D eigenvalue weighted by atomic mass is 9.92. The molecule has 0 amide bonds. The van der Waals surface area contributed by atoms with Gasteiger partial charge >= 0.3 is 5.51 Å². The van der Waals surface area contributed by atoms with Gasteiger partial charge in [-0.1, -0.05) is 0 Å². The van der Waals surface area contributed by atoms with Gasteiger partial charge < -0.3 is 0 Å². The maximum Gasteiger partial charge on any atom is 0.446 e. The molecule has 88 valence electrons. The van der Waals surface area contributed by atoms with Gasteiger partial charge in [0, 0.05) is 16.7 Å². The number of allylic oxidation sites excluding steroid dienone is 4. The van der Waals surface area contributed by atoms with Crippen molar-refractivity contribution in [3.05, 3.63) is 21.6 Å². The average Bonchev–Trinajstić information content (AvgIpc) is 2.17. The van der Waals surface area contributed by atoms with E-state index in [2.05, 4.69) is 0 Å². The Bertz CT molecular complexity index is 430. The van der Waals surface area contributed by atoms with E-state index in [9.17, 15) is 22.8 Å². The summed E-state index contributed by atoms with van der Waals surface area (Å²) in [6.07, 6.45) is 0. The maximum absolute atomic E-state index is 12.2. The van der Waals surface area contributed by atoms with Gasteiger partial charge in [-0.15, -0.1) is 0 Å². The van der Waals surface area contributed by atoms with Crippen LogP contribution in [0.15, 0.2) is 21.6 Å². The summed E-state index contributed by atoms with van der Waals surface area (Å²) >= 11 is -0.521. The van der Waals surface area contributed by atoms with E-state index in [1.165, 1.54) is 20.8 Å². The van der Waals surface area contributed by atoms with Crippen molar-refractivity contribution >= 4 is 23.3 Å². The highest BCUT2D eigenvalue weighted by Crippen LogP contribution is 2.41. The molecule has 0 unspecified atom stereocenters. The fourth-order valence-electron chi connectivity index (χ4n) is 1.30. The molecule has 0 aromatic carbocycles. The molecule has 0 heterocycles. The van der Waals surface area contributed by atoms with Crippen molar-refractivity contribution < 1.29 is 22.8 Å². The molecule has 6 heteroatoms. The molecule has 0 N–H and O–H groups in total. The molecular weight excluding hydrogens is 241 g/mol. The summed E-state index contributed by atoms with van der Waals surface area (Å²) < 4.78 is 36.6. The molecule has 0 aliphatic heterocycles. The minimum Gasteiger partial charge on any atom is -0.289 e. The van der Waals surface area contributed by atoms with E-state index in [0.717, 1.165) is 0 Å². The number of alkyl halides is 3. The molecule has 2 nitrogen and oxygen atoms in total. The first-order valence-electron chi connectivity index (χ1n) is 4.38. The summed E-state index contributed by atoms with van der Waals surface area (Å²) in [6.45, 7) is 4.04. The van der Waals surface area contributed by atoms with Crippen LogP contribution in [0.1, 0.15) is 20.8 Å². The largest absolute Gasteiger partial charge is 0.446 e. The van der Waals surface area contributed by atoms with E-state index >= 15 is 0 Å². The number of ketones is 2. The molecule has 0 aromatic heterocycles. The quantitative estimate of drug-likeness (QED) is 0.671. The Morgan fingerprint density at radius 1 is 0.875 bits per heavy atom. The summed E-state index contributed by atoms with van der Waals surface area (Å²) in [5, 5.41) is 0. The van der Waals surface area contributed by atoms with Gasteiger partial charge in [-0.3, -0.25) is 9.59 Å². The second kappa shape index (κ2) is 4.08. The Hall–Kier alpha value is -1.04. The van der Waals surface area contributed by atoms with Gasteiger partial charge in [0.05, 0.1) is 4.91 Å². The Morgan fingerprint density at radius 2 is 1.31 bits per heavy atom. The van der Waals surface area contributed by atoms with Gasteiger partial charge in [0.2, 0.25) is 0 Å². The first-order valence-corrected chi connectivity index (χ1v) is 5.20. The van der Waals surface area contributed by atoms with E-state index in [1.54, 1.807) is 0 Å². The van der Waals surface area contributed by atoms with Gasteiger partial charge in [-0.25, -0.2) is 0 Å². The monoisotopic (exact) mass is 250 g/mol. The molecular formula is C10H9F3O2S. The number of hydrogen-bond acceptors (Lipinski definition) is 3. The lowest BCUT2D eigenvalue weighted by molar-refractivity contribution is -0.116. The van der Waals surface area contributed by atoms with E-state index < -0.39 is 33.7 Å². The molecule has 0 fully saturated rings. The van der Waals surface area contributed by atoms with Crippen molar-refractivity contribution in [2.75, 3.05) is 0 Å². The van der Waals surface area contributed by atoms with Crippen molar-refractivity contribution in [1.29, 1.82) is 0 Å². The van der Waals surface area contributed by atoms with E-state index in [4.69, 9.17) is 0 Å². The van der Waals surface area contributed by atoms with Crippen LogP contribution in [0, 0.1) is 0 Å². The topological polar surface area (TPSA) is 34.1 Å². The van der Waals surface area contributed by atoms with Crippen molar-refractivity contribution in [2.24, 2.45) is 0 Å². The fraction of sp³-hybridized carbons (Fsp3) is 0.400. The smallest absolute Gasteiger partial charge is 0.289 e. The fourth-order valence-corrected chi connectivity index (χ4v) is 2.03. The van der Waals surface area contributed by atoms with Crippen LogP contribution in [0.25, 0.3) is 0 Å². The van der Waals surface area contributed by atoms with Crippen LogP contribution in [0.5, 0.6) is 0 Å². The highest BCUT2D eigenvalue weighted by atomic mass is 32.2. The minimum absolute atomic E-state index is 0.0855. The van der Waals surface area contributed by atoms with E-state index in [-0.39, 0.29) is 16.7 Å². The molecule has 0 aromatic rings. The molecule has 0 atom stereocenters. The molecule has 1 rings (SSSR count). The van der Waals surface area contributed by atoms with Crippen LogP contribution in [-0.4, -0.2) is 17.1 Å². The standard InChI is InChI=1S/C10H9F3O2S/c1-4-5(2)8(15)9(6(3)7(4)14)16-10(11,12)13/h1-3H3. The first kappa shape index (κ1) is 13.0. The normalized spacial score (nSPS) is 18.6. The Kier molecular flexibility index (Phi) is 3.33. The minimum atomic E-state index is -4.56.